The minimum atomic E-state index is 0.497. The van der Waals surface area contributed by atoms with Gasteiger partial charge in [-0.1, -0.05) is 40.2 Å². The van der Waals surface area contributed by atoms with Gasteiger partial charge in [0.2, 0.25) is 0 Å². The van der Waals surface area contributed by atoms with Gasteiger partial charge in [0.25, 0.3) is 0 Å². The maximum absolute atomic E-state index is 4.80. The molecule has 0 aliphatic heterocycles. The van der Waals surface area contributed by atoms with Gasteiger partial charge in [0.1, 0.15) is 6.61 Å². The van der Waals surface area contributed by atoms with Gasteiger partial charge in [-0.3, -0.25) is 0 Å². The lowest BCUT2D eigenvalue weighted by atomic mass is 10.1. The molecule has 0 atom stereocenters. The molecule has 2 nitrogen and oxygen atoms in total. The Hall–Kier alpha value is -0.380. The maximum atomic E-state index is 4.80. The summed E-state index contributed by atoms with van der Waals surface area (Å²) in [5.41, 5.74) is 2.36. The standard InChI is InChI=1S/C9H11BrO2/c1-11-12-7-9-4-2-3-8(5-9)6-10/h2-5H,6-7H2,1H3. The van der Waals surface area contributed by atoms with Gasteiger partial charge in [-0.05, 0) is 11.1 Å². The van der Waals surface area contributed by atoms with E-state index in [4.69, 9.17) is 4.89 Å². The van der Waals surface area contributed by atoms with Gasteiger partial charge in [0.15, 0.2) is 0 Å². The van der Waals surface area contributed by atoms with Crippen LogP contribution in [0, 0.1) is 0 Å². The van der Waals surface area contributed by atoms with Crippen molar-refractivity contribution in [3.8, 4) is 0 Å². The van der Waals surface area contributed by atoms with Crippen LogP contribution in [-0.2, 0) is 21.7 Å². The molecule has 0 amide bonds. The van der Waals surface area contributed by atoms with Crippen molar-refractivity contribution in [2.24, 2.45) is 0 Å². The Bertz CT molecular complexity index is 238. The highest BCUT2D eigenvalue weighted by Gasteiger charge is 1.94. The first-order valence-corrected chi connectivity index (χ1v) is 4.78. The van der Waals surface area contributed by atoms with Gasteiger partial charge in [-0.15, -0.1) is 0 Å². The van der Waals surface area contributed by atoms with Gasteiger partial charge < -0.3 is 0 Å². The first-order chi connectivity index (χ1) is 5.86. The molecule has 66 valence electrons. The van der Waals surface area contributed by atoms with Crippen LogP contribution in [0.1, 0.15) is 11.1 Å². The fourth-order valence-corrected chi connectivity index (χ4v) is 1.28. The Morgan fingerprint density at radius 1 is 1.33 bits per heavy atom. The van der Waals surface area contributed by atoms with E-state index in [1.807, 2.05) is 12.1 Å². The first-order valence-electron chi connectivity index (χ1n) is 3.66. The summed E-state index contributed by atoms with van der Waals surface area (Å²) in [6, 6.07) is 8.15. The number of benzene rings is 1. The molecule has 0 saturated carbocycles. The lowest BCUT2D eigenvalue weighted by Gasteiger charge is -2.01. The van der Waals surface area contributed by atoms with Crippen molar-refractivity contribution in [3.63, 3.8) is 0 Å². The van der Waals surface area contributed by atoms with Gasteiger partial charge in [-0.2, -0.15) is 0 Å². The van der Waals surface area contributed by atoms with Crippen LogP contribution in [0.4, 0.5) is 0 Å². The predicted molar refractivity (Wildman–Crippen MR) is 50.9 cm³/mol. The van der Waals surface area contributed by atoms with E-state index in [1.54, 1.807) is 0 Å². The predicted octanol–water partition coefficient (Wildman–Crippen LogP) is 2.66. The van der Waals surface area contributed by atoms with Gasteiger partial charge >= 0.3 is 0 Å². The van der Waals surface area contributed by atoms with Crippen molar-refractivity contribution in [2.45, 2.75) is 11.9 Å². The topological polar surface area (TPSA) is 18.5 Å². The monoisotopic (exact) mass is 230 g/mol. The highest BCUT2D eigenvalue weighted by molar-refractivity contribution is 9.08. The Balaban J connectivity index is 2.60. The zero-order chi connectivity index (χ0) is 8.81. The fourth-order valence-electron chi connectivity index (χ4n) is 0.930. The van der Waals surface area contributed by atoms with E-state index < -0.39 is 0 Å². The summed E-state index contributed by atoms with van der Waals surface area (Å²) in [6.07, 6.45) is 0. The number of hydrogen-bond acceptors (Lipinski definition) is 2. The molecule has 0 heterocycles. The van der Waals surface area contributed by atoms with Crippen LogP contribution >= 0.6 is 15.9 Å². The summed E-state index contributed by atoms with van der Waals surface area (Å²) in [4.78, 5) is 9.31. The Morgan fingerprint density at radius 2 is 2.08 bits per heavy atom. The highest BCUT2D eigenvalue weighted by atomic mass is 79.9. The third-order valence-electron chi connectivity index (χ3n) is 1.49. The summed E-state index contributed by atoms with van der Waals surface area (Å²) >= 11 is 3.39. The van der Waals surface area contributed by atoms with Crippen molar-refractivity contribution < 1.29 is 9.78 Å². The zero-order valence-electron chi connectivity index (χ0n) is 6.92. The summed E-state index contributed by atoms with van der Waals surface area (Å²) in [5, 5.41) is 0.869. The molecule has 1 aromatic carbocycles. The molecule has 1 aromatic rings. The summed E-state index contributed by atoms with van der Waals surface area (Å²) in [6.45, 7) is 0.497. The van der Waals surface area contributed by atoms with Crippen LogP contribution in [0.5, 0.6) is 0 Å². The van der Waals surface area contributed by atoms with E-state index in [0.29, 0.717) is 6.61 Å². The van der Waals surface area contributed by atoms with Gasteiger partial charge in [0, 0.05) is 5.33 Å². The van der Waals surface area contributed by atoms with Crippen LogP contribution in [0.2, 0.25) is 0 Å². The van der Waals surface area contributed by atoms with Crippen LogP contribution in [0.3, 0.4) is 0 Å². The number of rotatable bonds is 4. The summed E-state index contributed by atoms with van der Waals surface area (Å²) in [7, 11) is 1.51. The second kappa shape index (κ2) is 5.30. The largest absolute Gasteiger partial charge is 0.240 e. The summed E-state index contributed by atoms with van der Waals surface area (Å²) < 4.78 is 0. The molecule has 0 bridgehead atoms. The highest BCUT2D eigenvalue weighted by Crippen LogP contribution is 2.09. The van der Waals surface area contributed by atoms with E-state index >= 15 is 0 Å². The summed E-state index contributed by atoms with van der Waals surface area (Å²) in [5.74, 6) is 0. The average molecular weight is 231 g/mol. The van der Waals surface area contributed by atoms with Crippen molar-refractivity contribution in [1.82, 2.24) is 0 Å². The van der Waals surface area contributed by atoms with E-state index in [-0.39, 0.29) is 0 Å². The van der Waals surface area contributed by atoms with Crippen molar-refractivity contribution in [2.75, 3.05) is 7.11 Å². The maximum Gasteiger partial charge on any atom is 0.107 e. The average Bonchev–Trinajstić information content (AvgIpc) is 2.15. The zero-order valence-corrected chi connectivity index (χ0v) is 8.50. The van der Waals surface area contributed by atoms with Crippen LogP contribution in [-0.4, -0.2) is 7.11 Å². The number of alkyl halides is 1. The van der Waals surface area contributed by atoms with Crippen LogP contribution < -0.4 is 0 Å². The quantitative estimate of drug-likeness (QED) is 0.450. The minimum absolute atomic E-state index is 0.497. The minimum Gasteiger partial charge on any atom is -0.240 e. The molecule has 1 rings (SSSR count). The molecular weight excluding hydrogens is 220 g/mol. The van der Waals surface area contributed by atoms with E-state index in [1.165, 1.54) is 12.7 Å². The van der Waals surface area contributed by atoms with Crippen LogP contribution in [0.15, 0.2) is 24.3 Å². The van der Waals surface area contributed by atoms with Gasteiger partial charge in [-0.25, -0.2) is 9.78 Å². The molecule has 0 N–H and O–H groups in total. The molecular formula is C9H11BrO2. The van der Waals surface area contributed by atoms with E-state index in [0.717, 1.165) is 10.9 Å². The molecule has 0 fully saturated rings. The van der Waals surface area contributed by atoms with E-state index in [9.17, 15) is 0 Å². The molecule has 0 aliphatic rings. The Kier molecular flexibility index (Phi) is 4.29. The first kappa shape index (κ1) is 9.71. The molecule has 0 saturated heterocycles. The molecule has 12 heavy (non-hydrogen) atoms. The molecule has 0 aliphatic carbocycles. The SMILES string of the molecule is COOCc1cccc(CBr)c1. The number of hydrogen-bond donors (Lipinski definition) is 0. The van der Waals surface area contributed by atoms with Crippen molar-refractivity contribution in [1.29, 1.82) is 0 Å². The van der Waals surface area contributed by atoms with Crippen LogP contribution in [0.25, 0.3) is 0 Å². The number of halogens is 1. The van der Waals surface area contributed by atoms with Gasteiger partial charge in [0.05, 0.1) is 7.11 Å². The third kappa shape index (κ3) is 2.93. The normalized spacial score (nSPS) is 10.2. The third-order valence-corrected chi connectivity index (χ3v) is 2.14. The lowest BCUT2D eigenvalue weighted by Crippen LogP contribution is -1.91. The molecule has 3 heteroatoms. The lowest BCUT2D eigenvalue weighted by molar-refractivity contribution is -0.282. The molecule has 0 radical (unpaired) electrons. The second-order valence-electron chi connectivity index (χ2n) is 2.38. The molecule has 0 unspecified atom stereocenters. The fraction of sp³-hybridized carbons (Fsp3) is 0.333. The molecule has 0 aromatic heterocycles. The Morgan fingerprint density at radius 3 is 2.75 bits per heavy atom. The molecule has 0 spiro atoms. The Labute approximate surface area is 80.6 Å². The van der Waals surface area contributed by atoms with Crippen molar-refractivity contribution in [3.05, 3.63) is 35.4 Å². The van der Waals surface area contributed by atoms with E-state index in [2.05, 4.69) is 33.0 Å². The van der Waals surface area contributed by atoms with Crippen molar-refractivity contribution >= 4 is 15.9 Å². The smallest absolute Gasteiger partial charge is 0.107 e. The second-order valence-corrected chi connectivity index (χ2v) is 2.94.